The third-order valence-electron chi connectivity index (χ3n) is 4.61. The average molecular weight is 462 g/mol. The Bertz CT molecular complexity index is 596. The molecule has 1 amide bonds. The first-order chi connectivity index (χ1) is 12.8. The summed E-state index contributed by atoms with van der Waals surface area (Å²) in [5.74, 6) is -0.211. The number of nitrogens with two attached hydrogens (primary N) is 1. The van der Waals surface area contributed by atoms with E-state index in [1.165, 1.54) is 19.2 Å². The number of rotatable bonds is 8. The van der Waals surface area contributed by atoms with E-state index in [9.17, 15) is 18.0 Å². The molecular weight excluding hydrogens is 434 g/mol. The lowest BCUT2D eigenvalue weighted by Gasteiger charge is -2.35. The van der Waals surface area contributed by atoms with E-state index in [-0.39, 0.29) is 62.4 Å². The van der Waals surface area contributed by atoms with Gasteiger partial charge in [0.2, 0.25) is 5.91 Å². The topological polar surface area (TPSA) is 76.8 Å². The molecule has 0 radical (unpaired) electrons. The Morgan fingerprint density at radius 2 is 1.83 bits per heavy atom. The largest absolute Gasteiger partial charge is 0.416 e. The van der Waals surface area contributed by atoms with Crippen LogP contribution in [0.15, 0.2) is 24.3 Å². The van der Waals surface area contributed by atoms with E-state index in [1.807, 2.05) is 0 Å². The Morgan fingerprint density at radius 1 is 1.24 bits per heavy atom. The lowest BCUT2D eigenvalue weighted by molar-refractivity contribution is -0.137. The summed E-state index contributed by atoms with van der Waals surface area (Å²) in [6, 6.07) is 4.83. The molecule has 0 aromatic heterocycles. The van der Waals surface area contributed by atoms with Crippen LogP contribution in [-0.2, 0) is 20.4 Å². The number of nitrogens with one attached hydrogen (secondary N) is 1. The first-order valence-corrected chi connectivity index (χ1v) is 8.83. The van der Waals surface area contributed by atoms with Gasteiger partial charge < -0.3 is 20.5 Å². The third kappa shape index (κ3) is 8.65. The van der Waals surface area contributed by atoms with Crippen LogP contribution >= 0.6 is 24.8 Å². The van der Waals surface area contributed by atoms with Gasteiger partial charge in [-0.2, -0.15) is 13.2 Å². The van der Waals surface area contributed by atoms with E-state index in [0.29, 0.717) is 31.9 Å². The molecule has 1 aromatic carbocycles. The molecular formula is C18H28Cl2F3N3O3. The maximum Gasteiger partial charge on any atom is 0.416 e. The lowest BCUT2D eigenvalue weighted by Crippen LogP contribution is -2.44. The standard InChI is InChI=1S/C18H26F3N3O3.2ClH/c1-26-15(11-22)10-17(25)23-12-16(24-6-8-27-9-7-24)13-2-4-14(5-3-13)18(19,20)21;;/h2-5,15-16H,6-12,22H2,1H3,(H,23,25);2*1H. The number of ether oxygens (including phenoxy) is 2. The highest BCUT2D eigenvalue weighted by atomic mass is 35.5. The Hall–Kier alpha value is -1.10. The maximum atomic E-state index is 12.8. The molecule has 2 rings (SSSR count). The molecule has 1 aromatic rings. The van der Waals surface area contributed by atoms with Gasteiger partial charge in [-0.3, -0.25) is 9.69 Å². The van der Waals surface area contributed by atoms with E-state index in [1.54, 1.807) is 0 Å². The van der Waals surface area contributed by atoms with Gasteiger partial charge >= 0.3 is 6.18 Å². The first-order valence-electron chi connectivity index (χ1n) is 8.83. The molecule has 1 aliphatic rings. The molecule has 29 heavy (non-hydrogen) atoms. The summed E-state index contributed by atoms with van der Waals surface area (Å²) in [4.78, 5) is 14.2. The normalized spacial score (nSPS) is 16.9. The molecule has 1 saturated heterocycles. The van der Waals surface area contributed by atoms with Crippen molar-refractivity contribution in [3.63, 3.8) is 0 Å². The molecule has 2 atom stereocenters. The Labute approximate surface area is 181 Å². The summed E-state index contributed by atoms with van der Waals surface area (Å²) < 4.78 is 48.9. The minimum absolute atomic E-state index is 0. The number of hydrogen-bond donors (Lipinski definition) is 2. The van der Waals surface area contributed by atoms with Crippen LogP contribution in [0.25, 0.3) is 0 Å². The van der Waals surface area contributed by atoms with Crippen LogP contribution in [0.1, 0.15) is 23.6 Å². The molecule has 2 unspecified atom stereocenters. The van der Waals surface area contributed by atoms with Crippen molar-refractivity contribution in [3.8, 4) is 0 Å². The zero-order valence-electron chi connectivity index (χ0n) is 16.1. The SMILES string of the molecule is COC(CN)CC(=O)NCC(c1ccc(C(F)(F)F)cc1)N1CCOCC1.Cl.Cl. The monoisotopic (exact) mass is 461 g/mol. The van der Waals surface area contributed by atoms with Gasteiger partial charge in [0.1, 0.15) is 0 Å². The van der Waals surface area contributed by atoms with Gasteiger partial charge in [0, 0.05) is 33.3 Å². The van der Waals surface area contributed by atoms with Crippen molar-refractivity contribution >= 4 is 30.7 Å². The van der Waals surface area contributed by atoms with E-state index >= 15 is 0 Å². The number of benzene rings is 1. The van der Waals surface area contributed by atoms with E-state index in [2.05, 4.69) is 10.2 Å². The molecule has 1 fully saturated rings. The molecule has 0 bridgehead atoms. The van der Waals surface area contributed by atoms with Gasteiger partial charge in [-0.05, 0) is 17.7 Å². The van der Waals surface area contributed by atoms with Gasteiger partial charge in [-0.25, -0.2) is 0 Å². The highest BCUT2D eigenvalue weighted by Gasteiger charge is 2.31. The molecule has 6 nitrogen and oxygen atoms in total. The number of nitrogens with zero attached hydrogens (tertiary/aromatic N) is 1. The van der Waals surface area contributed by atoms with Crippen LogP contribution < -0.4 is 11.1 Å². The van der Waals surface area contributed by atoms with E-state index in [4.69, 9.17) is 15.2 Å². The fraction of sp³-hybridized carbons (Fsp3) is 0.611. The molecule has 1 heterocycles. The summed E-state index contributed by atoms with van der Waals surface area (Å²) in [6.07, 6.45) is -4.60. The summed E-state index contributed by atoms with van der Waals surface area (Å²) in [5, 5.41) is 2.84. The van der Waals surface area contributed by atoms with Gasteiger partial charge in [-0.15, -0.1) is 24.8 Å². The van der Waals surface area contributed by atoms with Gasteiger partial charge in [0.05, 0.1) is 37.3 Å². The van der Waals surface area contributed by atoms with Crippen molar-refractivity contribution in [2.24, 2.45) is 5.73 Å². The zero-order valence-corrected chi connectivity index (χ0v) is 17.7. The number of alkyl halides is 3. The Balaban J connectivity index is 0.00000392. The van der Waals surface area contributed by atoms with Crippen LogP contribution in [0.3, 0.4) is 0 Å². The molecule has 3 N–H and O–H groups in total. The van der Waals surface area contributed by atoms with Crippen molar-refractivity contribution in [2.75, 3.05) is 46.5 Å². The van der Waals surface area contributed by atoms with Gasteiger partial charge in [0.15, 0.2) is 0 Å². The lowest BCUT2D eigenvalue weighted by atomic mass is 10.0. The average Bonchev–Trinajstić information content (AvgIpc) is 2.67. The van der Waals surface area contributed by atoms with Crippen molar-refractivity contribution in [2.45, 2.75) is 24.7 Å². The minimum Gasteiger partial charge on any atom is -0.380 e. The molecule has 0 saturated carbocycles. The second kappa shape index (κ2) is 13.3. The molecule has 0 aliphatic carbocycles. The Morgan fingerprint density at radius 3 is 2.31 bits per heavy atom. The summed E-state index contributed by atoms with van der Waals surface area (Å²) in [7, 11) is 1.49. The molecule has 11 heteroatoms. The first kappa shape index (κ1) is 27.9. The van der Waals surface area contributed by atoms with Crippen molar-refractivity contribution in [1.82, 2.24) is 10.2 Å². The molecule has 168 valence electrons. The van der Waals surface area contributed by atoms with Crippen LogP contribution in [0.4, 0.5) is 13.2 Å². The second-order valence-corrected chi connectivity index (χ2v) is 6.39. The number of methoxy groups -OCH3 is 1. The van der Waals surface area contributed by atoms with Crippen LogP contribution in [0.2, 0.25) is 0 Å². The predicted molar refractivity (Wildman–Crippen MR) is 109 cm³/mol. The van der Waals surface area contributed by atoms with Gasteiger partial charge in [0.25, 0.3) is 0 Å². The van der Waals surface area contributed by atoms with E-state index < -0.39 is 11.7 Å². The Kier molecular flexibility index (Phi) is 12.7. The summed E-state index contributed by atoms with van der Waals surface area (Å²) in [5.41, 5.74) is 5.55. The number of carbonyl (C=O) groups excluding carboxylic acids is 1. The molecule has 1 aliphatic heterocycles. The van der Waals surface area contributed by atoms with E-state index in [0.717, 1.165) is 12.1 Å². The van der Waals surface area contributed by atoms with Crippen molar-refractivity contribution < 1.29 is 27.4 Å². The quantitative estimate of drug-likeness (QED) is 0.621. The minimum atomic E-state index is -4.38. The number of amides is 1. The fourth-order valence-corrected chi connectivity index (χ4v) is 2.99. The second-order valence-electron chi connectivity index (χ2n) is 6.39. The third-order valence-corrected chi connectivity index (χ3v) is 4.61. The maximum absolute atomic E-state index is 12.8. The smallest absolute Gasteiger partial charge is 0.380 e. The van der Waals surface area contributed by atoms with Crippen molar-refractivity contribution in [1.29, 1.82) is 0 Å². The summed E-state index contributed by atoms with van der Waals surface area (Å²) in [6.45, 7) is 2.89. The number of halogens is 5. The van der Waals surface area contributed by atoms with Crippen molar-refractivity contribution in [3.05, 3.63) is 35.4 Å². The highest BCUT2D eigenvalue weighted by molar-refractivity contribution is 5.85. The predicted octanol–water partition coefficient (Wildman–Crippen LogP) is 2.40. The van der Waals surface area contributed by atoms with Gasteiger partial charge in [-0.1, -0.05) is 12.1 Å². The van der Waals surface area contributed by atoms with Crippen LogP contribution in [0.5, 0.6) is 0 Å². The fourth-order valence-electron chi connectivity index (χ4n) is 2.99. The van der Waals surface area contributed by atoms with Crippen LogP contribution in [-0.4, -0.2) is 63.4 Å². The summed E-state index contributed by atoms with van der Waals surface area (Å²) >= 11 is 0. The number of hydrogen-bond acceptors (Lipinski definition) is 5. The van der Waals surface area contributed by atoms with Crippen LogP contribution in [0, 0.1) is 0 Å². The number of carbonyl (C=O) groups is 1. The zero-order chi connectivity index (χ0) is 19.9. The molecule has 0 spiro atoms. The highest BCUT2D eigenvalue weighted by Crippen LogP contribution is 2.31. The number of morpholine rings is 1.